The van der Waals surface area contributed by atoms with Crippen LogP contribution in [0.3, 0.4) is 0 Å². The predicted octanol–water partition coefficient (Wildman–Crippen LogP) is 2.82. The van der Waals surface area contributed by atoms with Crippen molar-refractivity contribution in [3.63, 3.8) is 0 Å². The summed E-state index contributed by atoms with van der Waals surface area (Å²) in [5.41, 5.74) is -0.358. The fourth-order valence-corrected chi connectivity index (χ4v) is 6.35. The number of esters is 2. The number of ketones is 1. The first-order valence-corrected chi connectivity index (χ1v) is 10.2. The Kier molecular flexibility index (Phi) is 4.84. The fraction of sp³-hybridized carbons (Fsp3) is 0.682. The van der Waals surface area contributed by atoms with Crippen molar-refractivity contribution >= 4 is 17.7 Å². The van der Waals surface area contributed by atoms with E-state index in [2.05, 4.69) is 0 Å². The number of aliphatic hydroxyl groups excluding tert-OH is 1. The number of Topliss-reactive ketones (excluding diaryl/α,β-unsaturated/α-hetero) is 1. The lowest BCUT2D eigenvalue weighted by molar-refractivity contribution is -0.209. The highest BCUT2D eigenvalue weighted by atomic mass is 16.6. The molecule has 1 aromatic rings. The van der Waals surface area contributed by atoms with Crippen LogP contribution >= 0.6 is 0 Å². The molecule has 7 atom stereocenters. The number of hydrogen-bond acceptors (Lipinski definition) is 7. The molecular formula is C22H28O7. The molecule has 0 radical (unpaired) electrons. The van der Waals surface area contributed by atoms with Crippen LogP contribution in [0, 0.1) is 28.6 Å². The molecule has 29 heavy (non-hydrogen) atoms. The van der Waals surface area contributed by atoms with Crippen molar-refractivity contribution in [2.24, 2.45) is 28.6 Å². The Bertz CT molecular complexity index is 815. The molecule has 0 bridgehead atoms. The van der Waals surface area contributed by atoms with Crippen molar-refractivity contribution in [2.75, 3.05) is 6.61 Å². The largest absolute Gasteiger partial charge is 0.472 e. The quantitative estimate of drug-likeness (QED) is 0.773. The van der Waals surface area contributed by atoms with E-state index in [1.165, 1.54) is 13.2 Å². The maximum absolute atomic E-state index is 13.6. The normalized spacial score (nSPS) is 41.9. The molecule has 1 saturated heterocycles. The smallest absolute Gasteiger partial charge is 0.310 e. The Labute approximate surface area is 169 Å². The summed E-state index contributed by atoms with van der Waals surface area (Å²) in [6.07, 6.45) is 3.79. The molecule has 1 unspecified atom stereocenters. The van der Waals surface area contributed by atoms with Gasteiger partial charge in [0.25, 0.3) is 0 Å². The second-order valence-corrected chi connectivity index (χ2v) is 9.34. The van der Waals surface area contributed by atoms with Gasteiger partial charge in [-0.1, -0.05) is 13.8 Å². The minimum absolute atomic E-state index is 0.0889. The number of aliphatic hydroxyl groups is 1. The summed E-state index contributed by atoms with van der Waals surface area (Å²) in [4.78, 5) is 38.1. The molecule has 2 saturated carbocycles. The third kappa shape index (κ3) is 3.01. The molecule has 2 aliphatic carbocycles. The van der Waals surface area contributed by atoms with Gasteiger partial charge in [-0.2, -0.15) is 0 Å². The number of ether oxygens (including phenoxy) is 2. The molecule has 2 heterocycles. The van der Waals surface area contributed by atoms with Crippen LogP contribution in [-0.4, -0.2) is 35.5 Å². The molecule has 1 aromatic heterocycles. The van der Waals surface area contributed by atoms with Crippen molar-refractivity contribution in [1.82, 2.24) is 0 Å². The highest BCUT2D eigenvalue weighted by molar-refractivity contribution is 5.91. The number of cyclic esters (lactones) is 1. The van der Waals surface area contributed by atoms with Gasteiger partial charge in [-0.05, 0) is 48.5 Å². The van der Waals surface area contributed by atoms with Crippen LogP contribution in [0.4, 0.5) is 0 Å². The first-order chi connectivity index (χ1) is 13.7. The van der Waals surface area contributed by atoms with E-state index in [0.29, 0.717) is 25.7 Å². The molecule has 158 valence electrons. The molecule has 1 aliphatic heterocycles. The van der Waals surface area contributed by atoms with Gasteiger partial charge in [0.15, 0.2) is 11.9 Å². The van der Waals surface area contributed by atoms with Gasteiger partial charge < -0.3 is 19.0 Å². The summed E-state index contributed by atoms with van der Waals surface area (Å²) in [6.45, 7) is 5.21. The van der Waals surface area contributed by atoms with Crippen LogP contribution < -0.4 is 0 Å². The minimum Gasteiger partial charge on any atom is -0.472 e. The number of carbonyl (C=O) groups is 3. The summed E-state index contributed by atoms with van der Waals surface area (Å²) < 4.78 is 16.2. The lowest BCUT2D eigenvalue weighted by atomic mass is 9.43. The van der Waals surface area contributed by atoms with Crippen LogP contribution in [-0.2, 0) is 23.9 Å². The third-order valence-electron chi connectivity index (χ3n) is 7.73. The Morgan fingerprint density at radius 1 is 1.31 bits per heavy atom. The van der Waals surface area contributed by atoms with E-state index in [1.807, 2.05) is 13.8 Å². The average Bonchev–Trinajstić information content (AvgIpc) is 3.17. The van der Waals surface area contributed by atoms with Crippen molar-refractivity contribution in [3.05, 3.63) is 24.2 Å². The predicted molar refractivity (Wildman–Crippen MR) is 100 cm³/mol. The number of furan rings is 1. The minimum atomic E-state index is -0.886. The van der Waals surface area contributed by atoms with E-state index in [-0.39, 0.29) is 24.3 Å². The topological polar surface area (TPSA) is 103 Å². The van der Waals surface area contributed by atoms with Crippen molar-refractivity contribution in [2.45, 2.75) is 58.7 Å². The zero-order valence-corrected chi connectivity index (χ0v) is 17.1. The van der Waals surface area contributed by atoms with E-state index >= 15 is 0 Å². The van der Waals surface area contributed by atoms with E-state index in [1.54, 1.807) is 12.3 Å². The van der Waals surface area contributed by atoms with E-state index in [0.717, 1.165) is 5.56 Å². The molecule has 1 N–H and O–H groups in total. The summed E-state index contributed by atoms with van der Waals surface area (Å²) in [6, 6.07) is 1.77. The maximum Gasteiger partial charge on any atom is 0.310 e. The van der Waals surface area contributed by atoms with Gasteiger partial charge in [-0.3, -0.25) is 14.4 Å². The second-order valence-electron chi connectivity index (χ2n) is 9.34. The Balaban J connectivity index is 1.76. The molecular weight excluding hydrogens is 376 g/mol. The molecule has 4 rings (SSSR count). The third-order valence-corrected chi connectivity index (χ3v) is 7.73. The van der Waals surface area contributed by atoms with Gasteiger partial charge in [0.05, 0.1) is 18.4 Å². The molecule has 0 amide bonds. The van der Waals surface area contributed by atoms with E-state index in [4.69, 9.17) is 13.9 Å². The first-order valence-electron chi connectivity index (χ1n) is 10.2. The molecule has 0 spiro atoms. The van der Waals surface area contributed by atoms with Crippen LogP contribution in [0.1, 0.15) is 58.1 Å². The van der Waals surface area contributed by atoms with Gasteiger partial charge in [0.1, 0.15) is 6.10 Å². The molecule has 0 aromatic carbocycles. The highest BCUT2D eigenvalue weighted by Crippen LogP contribution is 2.64. The van der Waals surface area contributed by atoms with Gasteiger partial charge in [-0.15, -0.1) is 0 Å². The lowest BCUT2D eigenvalue weighted by Crippen LogP contribution is -2.64. The van der Waals surface area contributed by atoms with Crippen LogP contribution in [0.5, 0.6) is 0 Å². The monoisotopic (exact) mass is 404 g/mol. The standard InChI is InChI=1S/C22H28O7/c1-12(24)28-16-8-14(10-23)21(2)6-4-15-20(26)29-17(13-5-7-27-11-13)9-22(15,3)19(21)18(16)25/h5,7,11,14-17,19,23H,4,6,8-10H2,1-3H3/t14-,15?,16-,17-,19-,21-,22-/m0/s1. The zero-order chi connectivity index (χ0) is 21.0. The SMILES string of the molecule is CC(=O)O[C@H]1C[C@@H](CO)[C@]2(C)CCC3C(=O)O[C@H](c4ccoc4)C[C@]3(C)[C@H]2C1=O. The highest BCUT2D eigenvalue weighted by Gasteiger charge is 2.66. The summed E-state index contributed by atoms with van der Waals surface area (Å²) in [5, 5.41) is 10.1. The molecule has 7 nitrogen and oxygen atoms in total. The van der Waals surface area contributed by atoms with Crippen LogP contribution in [0.2, 0.25) is 0 Å². The summed E-state index contributed by atoms with van der Waals surface area (Å²) >= 11 is 0. The van der Waals surface area contributed by atoms with Gasteiger partial charge in [-0.25, -0.2) is 0 Å². The van der Waals surface area contributed by atoms with Crippen LogP contribution in [0.25, 0.3) is 0 Å². The fourth-order valence-electron chi connectivity index (χ4n) is 6.35. The second kappa shape index (κ2) is 6.97. The first kappa shape index (κ1) is 20.1. The van der Waals surface area contributed by atoms with Crippen molar-refractivity contribution < 1.29 is 33.4 Å². The number of hydrogen-bond donors (Lipinski definition) is 1. The molecule has 3 fully saturated rings. The summed E-state index contributed by atoms with van der Waals surface area (Å²) in [7, 11) is 0. The number of fused-ring (bicyclic) bond motifs is 3. The average molecular weight is 404 g/mol. The van der Waals surface area contributed by atoms with Gasteiger partial charge >= 0.3 is 11.9 Å². The van der Waals surface area contributed by atoms with E-state index in [9.17, 15) is 19.5 Å². The lowest BCUT2D eigenvalue weighted by Gasteiger charge is -2.61. The Morgan fingerprint density at radius 2 is 2.07 bits per heavy atom. The van der Waals surface area contributed by atoms with Crippen molar-refractivity contribution in [3.8, 4) is 0 Å². The number of carbonyl (C=O) groups excluding carboxylic acids is 3. The number of rotatable bonds is 3. The zero-order valence-electron chi connectivity index (χ0n) is 17.1. The maximum atomic E-state index is 13.6. The Morgan fingerprint density at radius 3 is 2.69 bits per heavy atom. The molecule has 3 aliphatic rings. The van der Waals surface area contributed by atoms with Gasteiger partial charge in [0.2, 0.25) is 0 Å². The van der Waals surface area contributed by atoms with Gasteiger partial charge in [0, 0.05) is 25.0 Å². The Hall–Kier alpha value is -2.15. The van der Waals surface area contributed by atoms with Crippen molar-refractivity contribution in [1.29, 1.82) is 0 Å². The van der Waals surface area contributed by atoms with E-state index < -0.39 is 40.8 Å². The summed E-state index contributed by atoms with van der Waals surface area (Å²) in [5.74, 6) is -2.04. The molecule has 7 heteroatoms. The van der Waals surface area contributed by atoms with Crippen LogP contribution in [0.15, 0.2) is 23.0 Å².